The molecule has 0 bridgehead atoms. The zero-order valence-electron chi connectivity index (χ0n) is 19.4. The summed E-state index contributed by atoms with van der Waals surface area (Å²) in [6, 6.07) is 15.0. The van der Waals surface area contributed by atoms with Crippen molar-refractivity contribution in [2.45, 2.75) is 45.2 Å². The van der Waals surface area contributed by atoms with Gasteiger partial charge in [0.2, 0.25) is 5.91 Å². The van der Waals surface area contributed by atoms with Crippen molar-refractivity contribution in [3.63, 3.8) is 0 Å². The van der Waals surface area contributed by atoms with Gasteiger partial charge in [0.15, 0.2) is 16.4 Å². The van der Waals surface area contributed by atoms with E-state index in [2.05, 4.69) is 5.32 Å². The fourth-order valence-electron chi connectivity index (χ4n) is 4.03. The van der Waals surface area contributed by atoms with Gasteiger partial charge in [0, 0.05) is 12.1 Å². The van der Waals surface area contributed by atoms with Crippen LogP contribution >= 0.6 is 0 Å². The standard InChI is InChI=1S/C25H30N2O6S/c1-3-18(2)27(20-13-14-34(31,32)17-20)24(29)16-33-25(30)21-11-7-8-12-22(21)26-23(28)15-19-9-5-4-6-10-19/h4-12,18,20H,3,13-17H2,1-2H3,(H,26,28). The third-order valence-electron chi connectivity index (χ3n) is 5.91. The van der Waals surface area contributed by atoms with Crippen molar-refractivity contribution >= 4 is 33.3 Å². The lowest BCUT2D eigenvalue weighted by Gasteiger charge is -2.33. The van der Waals surface area contributed by atoms with E-state index in [1.165, 1.54) is 11.0 Å². The zero-order valence-corrected chi connectivity index (χ0v) is 20.2. The molecule has 0 aliphatic carbocycles. The highest BCUT2D eigenvalue weighted by Gasteiger charge is 2.36. The molecule has 2 atom stereocenters. The van der Waals surface area contributed by atoms with E-state index in [9.17, 15) is 22.8 Å². The molecule has 0 radical (unpaired) electrons. The lowest BCUT2D eigenvalue weighted by Crippen LogP contribution is -2.48. The molecule has 2 unspecified atom stereocenters. The van der Waals surface area contributed by atoms with Gasteiger partial charge in [-0.15, -0.1) is 0 Å². The van der Waals surface area contributed by atoms with Crippen molar-refractivity contribution in [2.75, 3.05) is 23.4 Å². The number of para-hydroxylation sites is 1. The predicted octanol–water partition coefficient (Wildman–Crippen LogP) is 2.84. The molecule has 3 rings (SSSR count). The molecule has 9 heteroatoms. The molecular formula is C25H30N2O6S. The summed E-state index contributed by atoms with van der Waals surface area (Å²) in [6.45, 7) is 3.25. The molecule has 2 amide bonds. The quantitative estimate of drug-likeness (QED) is 0.546. The Morgan fingerprint density at radius 3 is 2.41 bits per heavy atom. The summed E-state index contributed by atoms with van der Waals surface area (Å²) in [6.07, 6.45) is 1.17. The summed E-state index contributed by atoms with van der Waals surface area (Å²) in [5.41, 5.74) is 1.27. The lowest BCUT2D eigenvalue weighted by molar-refractivity contribution is -0.138. The maximum atomic E-state index is 12.9. The van der Waals surface area contributed by atoms with Crippen molar-refractivity contribution < 1.29 is 27.5 Å². The van der Waals surface area contributed by atoms with E-state index in [0.717, 1.165) is 5.56 Å². The Morgan fingerprint density at radius 2 is 1.76 bits per heavy atom. The van der Waals surface area contributed by atoms with Gasteiger partial charge in [0.05, 0.1) is 29.2 Å². The van der Waals surface area contributed by atoms with Gasteiger partial charge >= 0.3 is 5.97 Å². The average Bonchev–Trinajstić information content (AvgIpc) is 3.17. The number of nitrogens with one attached hydrogen (secondary N) is 1. The highest BCUT2D eigenvalue weighted by atomic mass is 32.2. The number of hydrogen-bond donors (Lipinski definition) is 1. The number of nitrogens with zero attached hydrogens (tertiary/aromatic N) is 1. The maximum Gasteiger partial charge on any atom is 0.340 e. The van der Waals surface area contributed by atoms with Crippen LogP contribution in [0.5, 0.6) is 0 Å². The normalized spacial score (nSPS) is 17.5. The Hall–Kier alpha value is -3.20. The molecule has 2 aromatic carbocycles. The van der Waals surface area contributed by atoms with Crippen LogP contribution in [0.4, 0.5) is 5.69 Å². The van der Waals surface area contributed by atoms with Gasteiger partial charge in [0.25, 0.3) is 5.91 Å². The van der Waals surface area contributed by atoms with Crippen LogP contribution in [0.15, 0.2) is 54.6 Å². The first kappa shape index (κ1) is 25.4. The summed E-state index contributed by atoms with van der Waals surface area (Å²) in [4.78, 5) is 39.7. The van der Waals surface area contributed by atoms with Gasteiger partial charge in [0.1, 0.15) is 0 Å². The van der Waals surface area contributed by atoms with Crippen LogP contribution in [0.2, 0.25) is 0 Å². The molecule has 182 valence electrons. The molecule has 34 heavy (non-hydrogen) atoms. The van der Waals surface area contributed by atoms with Gasteiger partial charge in [-0.1, -0.05) is 49.4 Å². The molecule has 1 fully saturated rings. The molecular weight excluding hydrogens is 456 g/mol. The minimum Gasteiger partial charge on any atom is -0.452 e. The first-order chi connectivity index (χ1) is 16.2. The average molecular weight is 487 g/mol. The van der Waals surface area contributed by atoms with E-state index in [0.29, 0.717) is 18.5 Å². The Labute approximate surface area is 200 Å². The number of esters is 1. The van der Waals surface area contributed by atoms with E-state index in [4.69, 9.17) is 4.74 Å². The summed E-state index contributed by atoms with van der Waals surface area (Å²) in [5.74, 6) is -1.49. The van der Waals surface area contributed by atoms with E-state index in [1.807, 2.05) is 44.2 Å². The largest absolute Gasteiger partial charge is 0.452 e. The number of anilines is 1. The molecule has 8 nitrogen and oxygen atoms in total. The number of benzene rings is 2. The monoisotopic (exact) mass is 486 g/mol. The van der Waals surface area contributed by atoms with Crippen molar-refractivity contribution in [3.8, 4) is 0 Å². The number of rotatable bonds is 9. The van der Waals surface area contributed by atoms with Crippen LogP contribution in [-0.4, -0.2) is 61.3 Å². The number of carbonyl (C=O) groups excluding carboxylic acids is 3. The molecule has 0 saturated carbocycles. The SMILES string of the molecule is CCC(C)N(C(=O)COC(=O)c1ccccc1NC(=O)Cc1ccccc1)C1CCS(=O)(=O)C1. The Kier molecular flexibility index (Phi) is 8.44. The number of carbonyl (C=O) groups is 3. The summed E-state index contributed by atoms with van der Waals surface area (Å²) >= 11 is 0. The number of sulfone groups is 1. The van der Waals surface area contributed by atoms with Crippen molar-refractivity contribution in [1.29, 1.82) is 0 Å². The number of ether oxygens (including phenoxy) is 1. The van der Waals surface area contributed by atoms with Gasteiger partial charge in [-0.05, 0) is 37.5 Å². The second-order valence-corrected chi connectivity index (χ2v) is 10.7. The first-order valence-electron chi connectivity index (χ1n) is 11.3. The van der Waals surface area contributed by atoms with E-state index < -0.39 is 34.4 Å². The molecule has 1 heterocycles. The molecule has 1 saturated heterocycles. The molecule has 0 aromatic heterocycles. The zero-order chi connectivity index (χ0) is 24.7. The maximum absolute atomic E-state index is 12.9. The fraction of sp³-hybridized carbons (Fsp3) is 0.400. The van der Waals surface area contributed by atoms with Crippen molar-refractivity contribution in [1.82, 2.24) is 4.90 Å². The van der Waals surface area contributed by atoms with E-state index >= 15 is 0 Å². The van der Waals surface area contributed by atoms with Crippen LogP contribution in [0, 0.1) is 0 Å². The van der Waals surface area contributed by atoms with Gasteiger partial charge in [-0.25, -0.2) is 13.2 Å². The van der Waals surface area contributed by atoms with Gasteiger partial charge in [-0.3, -0.25) is 9.59 Å². The predicted molar refractivity (Wildman–Crippen MR) is 129 cm³/mol. The number of hydrogen-bond acceptors (Lipinski definition) is 6. The third-order valence-corrected chi connectivity index (χ3v) is 7.66. The number of amides is 2. The second-order valence-electron chi connectivity index (χ2n) is 8.45. The minimum absolute atomic E-state index is 0.0493. The highest BCUT2D eigenvalue weighted by Crippen LogP contribution is 2.22. The summed E-state index contributed by atoms with van der Waals surface area (Å²) in [5, 5.41) is 2.73. The molecule has 1 N–H and O–H groups in total. The lowest BCUT2D eigenvalue weighted by atomic mass is 10.1. The summed E-state index contributed by atoms with van der Waals surface area (Å²) < 4.78 is 29.1. The van der Waals surface area contributed by atoms with E-state index in [-0.39, 0.29) is 35.4 Å². The van der Waals surface area contributed by atoms with Crippen molar-refractivity contribution in [3.05, 3.63) is 65.7 Å². The van der Waals surface area contributed by atoms with Crippen LogP contribution in [0.3, 0.4) is 0 Å². The minimum atomic E-state index is -3.17. The van der Waals surface area contributed by atoms with E-state index in [1.54, 1.807) is 18.2 Å². The third kappa shape index (κ3) is 6.66. The Bertz CT molecular complexity index is 1130. The highest BCUT2D eigenvalue weighted by molar-refractivity contribution is 7.91. The molecule has 2 aromatic rings. The van der Waals surface area contributed by atoms with Gasteiger partial charge in [-0.2, -0.15) is 0 Å². The fourth-order valence-corrected chi connectivity index (χ4v) is 5.74. The Balaban J connectivity index is 1.65. The van der Waals surface area contributed by atoms with Crippen LogP contribution < -0.4 is 5.32 Å². The van der Waals surface area contributed by atoms with Crippen molar-refractivity contribution in [2.24, 2.45) is 0 Å². The summed E-state index contributed by atoms with van der Waals surface area (Å²) in [7, 11) is -3.17. The molecule has 1 aliphatic heterocycles. The van der Waals surface area contributed by atoms with Crippen LogP contribution in [-0.2, 0) is 30.6 Å². The molecule has 1 aliphatic rings. The first-order valence-corrected chi connectivity index (χ1v) is 13.1. The van der Waals surface area contributed by atoms with Gasteiger partial charge < -0.3 is 15.0 Å². The topological polar surface area (TPSA) is 110 Å². The smallest absolute Gasteiger partial charge is 0.340 e. The second kappa shape index (κ2) is 11.3. The Morgan fingerprint density at radius 1 is 1.09 bits per heavy atom. The van der Waals surface area contributed by atoms with Crippen LogP contribution in [0.1, 0.15) is 42.6 Å². The molecule has 0 spiro atoms. The van der Waals surface area contributed by atoms with Crippen LogP contribution in [0.25, 0.3) is 0 Å².